The molecule has 0 bridgehead atoms. The predicted octanol–water partition coefficient (Wildman–Crippen LogP) is 4.02. The van der Waals surface area contributed by atoms with Crippen molar-refractivity contribution in [2.75, 3.05) is 0 Å². The summed E-state index contributed by atoms with van der Waals surface area (Å²) < 4.78 is 16.0. The molecule has 1 aliphatic carbocycles. The second-order valence-electron chi connectivity index (χ2n) is 5.16. The summed E-state index contributed by atoms with van der Waals surface area (Å²) in [5.74, 6) is -0.126. The quantitative estimate of drug-likeness (QED) is 0.479. The first-order valence-electron chi connectivity index (χ1n) is 5.81. The molecule has 0 spiro atoms. The van der Waals surface area contributed by atoms with Crippen LogP contribution >= 0.6 is 0 Å². The second kappa shape index (κ2) is 3.24. The summed E-state index contributed by atoms with van der Waals surface area (Å²) in [6, 6.07) is 0.540. The summed E-state index contributed by atoms with van der Waals surface area (Å²) in [6.07, 6.45) is 1.82. The number of rotatable bonds is 0. The van der Waals surface area contributed by atoms with Gasteiger partial charge in [-0.05, 0) is 37.0 Å². The van der Waals surface area contributed by atoms with Gasteiger partial charge in [-0.2, -0.15) is 0 Å². The van der Waals surface area contributed by atoms with Crippen molar-refractivity contribution in [3.8, 4) is 0 Å². The largest absolute Gasteiger partial charge is 0.0827 e. The molecule has 0 heterocycles. The van der Waals surface area contributed by atoms with Gasteiger partial charge < -0.3 is 0 Å². The third kappa shape index (κ3) is 2.36. The third-order valence-corrected chi connectivity index (χ3v) is 2.76. The van der Waals surface area contributed by atoms with Crippen LogP contribution in [0.1, 0.15) is 50.2 Å². The van der Waals surface area contributed by atoms with E-state index in [0.29, 0.717) is 12.0 Å². The van der Waals surface area contributed by atoms with Crippen LogP contribution in [0, 0.1) is 17.2 Å². The van der Waals surface area contributed by atoms with Gasteiger partial charge >= 0.3 is 0 Å². The minimum Gasteiger partial charge on any atom is -0.0827 e. The van der Waals surface area contributed by atoms with Crippen LogP contribution in [-0.4, -0.2) is 0 Å². The lowest BCUT2D eigenvalue weighted by atomic mass is 9.70. The van der Waals surface area contributed by atoms with E-state index in [9.17, 15) is 0 Å². The van der Waals surface area contributed by atoms with E-state index in [1.165, 1.54) is 0 Å². The van der Waals surface area contributed by atoms with Crippen LogP contribution in [0.3, 0.4) is 0 Å². The highest BCUT2D eigenvalue weighted by atomic mass is 14.3. The number of hydrogen-bond donors (Lipinski definition) is 0. The lowest BCUT2D eigenvalue weighted by molar-refractivity contribution is 0.199. The van der Waals surface area contributed by atoms with E-state index in [-0.39, 0.29) is 5.41 Å². The Balaban J connectivity index is 2.96. The zero-order valence-corrected chi connectivity index (χ0v) is 8.99. The molecule has 0 fully saturated rings. The summed E-state index contributed by atoms with van der Waals surface area (Å²) >= 11 is 0. The van der Waals surface area contributed by atoms with Crippen molar-refractivity contribution < 1.29 is 2.74 Å². The molecule has 0 unspecified atom stereocenters. The fourth-order valence-electron chi connectivity index (χ4n) is 1.89. The van der Waals surface area contributed by atoms with Crippen molar-refractivity contribution in [1.82, 2.24) is 0 Å². The molecule has 0 aromatic carbocycles. The summed E-state index contributed by atoms with van der Waals surface area (Å²) in [5.41, 5.74) is 1.36. The maximum Gasteiger partial charge on any atom is 0.0578 e. The van der Waals surface area contributed by atoms with Gasteiger partial charge in [0.05, 0.1) is 1.37 Å². The van der Waals surface area contributed by atoms with Gasteiger partial charge in [0.15, 0.2) is 0 Å². The van der Waals surface area contributed by atoms with Crippen LogP contribution in [0.25, 0.3) is 0 Å². The maximum absolute atomic E-state index is 8.13. The van der Waals surface area contributed by atoms with E-state index in [0.717, 1.165) is 18.4 Å². The Morgan fingerprint density at radius 2 is 2.17 bits per heavy atom. The SMILES string of the molecule is [2H]C1=C(C)C[C@H](C(C)(C)C)C[C@@]1([2H])C. The number of hydrogen-bond acceptors (Lipinski definition) is 0. The van der Waals surface area contributed by atoms with Crippen LogP contribution in [0.2, 0.25) is 0 Å². The van der Waals surface area contributed by atoms with Crippen LogP contribution < -0.4 is 0 Å². The predicted molar refractivity (Wildman–Crippen MR) is 55.1 cm³/mol. The van der Waals surface area contributed by atoms with Crippen molar-refractivity contribution >= 4 is 0 Å². The summed E-state index contributed by atoms with van der Waals surface area (Å²) in [5, 5.41) is 0. The molecule has 0 saturated heterocycles. The fourth-order valence-corrected chi connectivity index (χ4v) is 1.89. The summed E-state index contributed by atoms with van der Waals surface area (Å²) in [4.78, 5) is 0. The highest BCUT2D eigenvalue weighted by molar-refractivity contribution is 5.07. The van der Waals surface area contributed by atoms with Gasteiger partial charge in [0.1, 0.15) is 0 Å². The van der Waals surface area contributed by atoms with Crippen molar-refractivity contribution in [2.24, 2.45) is 17.2 Å². The average molecular weight is 168 g/mol. The molecule has 70 valence electrons. The van der Waals surface area contributed by atoms with Gasteiger partial charge in [-0.3, -0.25) is 0 Å². The molecule has 0 saturated carbocycles. The molecule has 0 heteroatoms. The van der Waals surface area contributed by atoms with Crippen molar-refractivity contribution in [3.63, 3.8) is 0 Å². The van der Waals surface area contributed by atoms with Crippen LogP contribution in [0.5, 0.6) is 0 Å². The van der Waals surface area contributed by atoms with Crippen LogP contribution in [0.15, 0.2) is 11.6 Å². The Morgan fingerprint density at radius 1 is 1.58 bits per heavy atom. The minimum atomic E-state index is -0.666. The first kappa shape index (κ1) is 7.17. The first-order chi connectivity index (χ1) is 6.14. The van der Waals surface area contributed by atoms with Gasteiger partial charge in [0.2, 0.25) is 0 Å². The summed E-state index contributed by atoms with van der Waals surface area (Å²) in [7, 11) is 0. The monoisotopic (exact) mass is 168 g/mol. The molecule has 0 aromatic heterocycles. The second-order valence-corrected chi connectivity index (χ2v) is 5.16. The Morgan fingerprint density at radius 3 is 2.58 bits per heavy atom. The van der Waals surface area contributed by atoms with E-state index in [1.807, 2.05) is 13.8 Å². The Hall–Kier alpha value is -0.260. The molecule has 1 rings (SSSR count). The number of allylic oxidation sites excluding steroid dienone is 2. The fraction of sp³-hybridized carbons (Fsp3) is 0.833. The normalized spacial score (nSPS) is 40.9. The lowest BCUT2D eigenvalue weighted by Crippen LogP contribution is -2.25. The molecular formula is C12H22. The van der Waals surface area contributed by atoms with E-state index >= 15 is 0 Å². The smallest absolute Gasteiger partial charge is 0.0578 e. The molecule has 0 aliphatic heterocycles. The van der Waals surface area contributed by atoms with E-state index in [2.05, 4.69) is 20.8 Å². The Bertz CT molecular complexity index is 256. The Labute approximate surface area is 79.9 Å². The molecular weight excluding hydrogens is 144 g/mol. The highest BCUT2D eigenvalue weighted by Gasteiger charge is 2.28. The summed E-state index contributed by atoms with van der Waals surface area (Å²) in [6.45, 7) is 10.6. The maximum atomic E-state index is 8.13. The van der Waals surface area contributed by atoms with Gasteiger partial charge in [-0.25, -0.2) is 0 Å². The van der Waals surface area contributed by atoms with Gasteiger partial charge in [0, 0.05) is 1.37 Å². The van der Waals surface area contributed by atoms with Gasteiger partial charge in [-0.15, -0.1) is 0 Å². The molecule has 0 nitrogen and oxygen atoms in total. The topological polar surface area (TPSA) is 0 Å². The van der Waals surface area contributed by atoms with E-state index < -0.39 is 5.89 Å². The van der Waals surface area contributed by atoms with E-state index in [1.54, 1.807) is 0 Å². The zero-order chi connectivity index (χ0) is 11.1. The van der Waals surface area contributed by atoms with E-state index in [4.69, 9.17) is 2.74 Å². The van der Waals surface area contributed by atoms with Crippen LogP contribution in [-0.2, 0) is 0 Å². The Kier molecular flexibility index (Phi) is 1.94. The molecule has 0 radical (unpaired) electrons. The third-order valence-electron chi connectivity index (χ3n) is 2.76. The molecule has 0 N–H and O–H groups in total. The van der Waals surface area contributed by atoms with Crippen LogP contribution in [0.4, 0.5) is 0 Å². The molecule has 1 aliphatic rings. The lowest BCUT2D eigenvalue weighted by Gasteiger charge is -2.35. The van der Waals surface area contributed by atoms with Gasteiger partial charge in [-0.1, -0.05) is 39.3 Å². The molecule has 0 aromatic rings. The molecule has 12 heavy (non-hydrogen) atoms. The van der Waals surface area contributed by atoms with Gasteiger partial charge in [0.25, 0.3) is 0 Å². The highest BCUT2D eigenvalue weighted by Crippen LogP contribution is 2.39. The minimum absolute atomic E-state index is 0.254. The molecule has 2 atom stereocenters. The average Bonchev–Trinajstić information content (AvgIpc) is 1.97. The first-order valence-corrected chi connectivity index (χ1v) is 4.81. The van der Waals surface area contributed by atoms with Crippen molar-refractivity contribution in [2.45, 2.75) is 47.5 Å². The zero-order valence-electron chi connectivity index (χ0n) is 11.0. The van der Waals surface area contributed by atoms with Crippen molar-refractivity contribution in [3.05, 3.63) is 11.6 Å². The molecule has 0 amide bonds. The standard InChI is InChI=1S/C12H22/c1-9-6-10(2)8-11(7-9)12(3,4)5/h6,9,11H,7-8H2,1-5H3/t9-,11+/m0/s1/i6D,9D. The van der Waals surface area contributed by atoms with Crippen molar-refractivity contribution in [1.29, 1.82) is 0 Å².